The Balaban J connectivity index is 1.59. The summed E-state index contributed by atoms with van der Waals surface area (Å²) in [7, 11) is 1.40. The number of hydrogen-bond acceptors (Lipinski definition) is 6. The molecule has 2 aromatic carbocycles. The number of aromatic nitrogens is 2. The van der Waals surface area contributed by atoms with Gasteiger partial charge in [0.1, 0.15) is 6.10 Å². The van der Waals surface area contributed by atoms with Crippen molar-refractivity contribution in [2.45, 2.75) is 18.7 Å². The third-order valence-electron chi connectivity index (χ3n) is 5.55. The molecular formula is C26H21F3N4O4. The summed E-state index contributed by atoms with van der Waals surface area (Å²) in [4.78, 5) is 32.4. The van der Waals surface area contributed by atoms with Crippen molar-refractivity contribution in [3.8, 4) is 6.01 Å². The quantitative estimate of drug-likeness (QED) is 0.342. The van der Waals surface area contributed by atoms with Gasteiger partial charge < -0.3 is 20.5 Å². The Labute approximate surface area is 209 Å². The van der Waals surface area contributed by atoms with Crippen LogP contribution in [0.3, 0.4) is 0 Å². The van der Waals surface area contributed by atoms with Crippen LogP contribution in [-0.4, -0.2) is 40.1 Å². The fourth-order valence-corrected chi connectivity index (χ4v) is 3.71. The van der Waals surface area contributed by atoms with Crippen LogP contribution in [0.2, 0.25) is 0 Å². The molecule has 37 heavy (non-hydrogen) atoms. The molecule has 2 heterocycles. The number of hydrogen-bond donors (Lipinski definition) is 3. The summed E-state index contributed by atoms with van der Waals surface area (Å²) < 4.78 is 44.0. The van der Waals surface area contributed by atoms with Crippen LogP contribution in [0.4, 0.5) is 24.5 Å². The highest BCUT2D eigenvalue weighted by atomic mass is 19.4. The minimum atomic E-state index is -4.47. The summed E-state index contributed by atoms with van der Waals surface area (Å²) in [5, 5.41) is 15.2. The summed E-state index contributed by atoms with van der Waals surface area (Å²) in [6.07, 6.45) is 1.51. The van der Waals surface area contributed by atoms with Crippen molar-refractivity contribution in [2.24, 2.45) is 0 Å². The molecule has 8 nitrogen and oxygen atoms in total. The van der Waals surface area contributed by atoms with E-state index in [1.165, 1.54) is 43.8 Å². The lowest BCUT2D eigenvalue weighted by Gasteiger charge is -2.23. The predicted molar refractivity (Wildman–Crippen MR) is 130 cm³/mol. The van der Waals surface area contributed by atoms with Gasteiger partial charge in [0.15, 0.2) is 0 Å². The normalized spacial score (nSPS) is 15.8. The molecule has 0 fully saturated rings. The van der Waals surface area contributed by atoms with Crippen LogP contribution in [0, 0.1) is 0 Å². The summed E-state index contributed by atoms with van der Waals surface area (Å²) in [5.41, 5.74) is 2.16. The number of fused-ring (bicyclic) bond motifs is 1. The maximum absolute atomic E-state index is 13.0. The van der Waals surface area contributed by atoms with Crippen LogP contribution in [0.15, 0.2) is 73.1 Å². The SMILES string of the molecule is COc1ncc(/C(=C\C=C\C(=O)Nc2cccc3c2CC(O)C(=O)N3)c2ccc(C(F)(F)F)cc2)cn1. The first kappa shape index (κ1) is 25.6. The number of alkyl halides is 3. The van der Waals surface area contributed by atoms with Gasteiger partial charge in [-0.25, -0.2) is 9.97 Å². The molecule has 0 saturated heterocycles. The number of nitrogens with zero attached hydrogens (tertiary/aromatic N) is 2. The number of carbonyl (C=O) groups excluding carboxylic acids is 2. The zero-order valence-electron chi connectivity index (χ0n) is 19.4. The van der Waals surface area contributed by atoms with Crippen LogP contribution >= 0.6 is 0 Å². The van der Waals surface area contributed by atoms with Gasteiger partial charge in [0.05, 0.1) is 12.7 Å². The monoisotopic (exact) mass is 510 g/mol. The molecule has 2 amide bonds. The molecular weight excluding hydrogens is 489 g/mol. The number of halogens is 3. The van der Waals surface area contributed by atoms with E-state index in [4.69, 9.17) is 4.74 Å². The van der Waals surface area contributed by atoms with Gasteiger partial charge in [-0.2, -0.15) is 13.2 Å². The molecule has 0 bridgehead atoms. The first-order valence-corrected chi connectivity index (χ1v) is 11.0. The molecule has 3 aromatic rings. The number of carbonyl (C=O) groups is 2. The number of nitrogens with one attached hydrogen (secondary N) is 2. The maximum Gasteiger partial charge on any atom is 0.416 e. The lowest BCUT2D eigenvalue weighted by molar-refractivity contribution is -0.137. The van der Waals surface area contributed by atoms with E-state index in [1.54, 1.807) is 24.3 Å². The van der Waals surface area contributed by atoms with Gasteiger partial charge in [-0.1, -0.05) is 30.4 Å². The number of ether oxygens (including phenoxy) is 1. The molecule has 1 aliphatic rings. The van der Waals surface area contributed by atoms with Gasteiger partial charge in [0.25, 0.3) is 5.91 Å². The number of methoxy groups -OCH3 is 1. The van der Waals surface area contributed by atoms with Crippen LogP contribution in [0.1, 0.15) is 22.3 Å². The van der Waals surface area contributed by atoms with Crippen molar-refractivity contribution in [2.75, 3.05) is 17.7 Å². The second-order valence-corrected chi connectivity index (χ2v) is 8.00. The average Bonchev–Trinajstić information content (AvgIpc) is 2.87. The molecule has 1 aliphatic heterocycles. The Kier molecular flexibility index (Phi) is 7.35. The van der Waals surface area contributed by atoms with Crippen molar-refractivity contribution < 1.29 is 32.6 Å². The third-order valence-corrected chi connectivity index (χ3v) is 5.55. The van der Waals surface area contributed by atoms with Crippen molar-refractivity contribution in [3.63, 3.8) is 0 Å². The molecule has 11 heteroatoms. The molecule has 4 rings (SSSR count). The standard InChI is InChI=1S/C26H21F3N4O4/c1-37-25-30-13-16(14-31-25)18(15-8-10-17(11-9-15)26(27,28)29)4-2-7-23(35)32-20-5-3-6-21-19(20)12-22(34)24(36)33-21/h2-11,13-14,22,34H,12H2,1H3,(H,32,35)(H,33,36)/b7-2+,18-4-. The fraction of sp³-hybridized carbons (Fsp3) is 0.154. The zero-order valence-corrected chi connectivity index (χ0v) is 19.4. The molecule has 190 valence electrons. The van der Waals surface area contributed by atoms with Gasteiger partial charge in [0, 0.05) is 47.4 Å². The molecule has 1 atom stereocenters. The van der Waals surface area contributed by atoms with Crippen molar-refractivity contribution in [3.05, 3.63) is 95.3 Å². The van der Waals surface area contributed by atoms with E-state index in [0.717, 1.165) is 12.1 Å². The number of anilines is 2. The Morgan fingerprint density at radius 2 is 1.84 bits per heavy atom. The Morgan fingerprint density at radius 3 is 2.49 bits per heavy atom. The van der Waals surface area contributed by atoms with Gasteiger partial charge in [-0.05, 0) is 35.4 Å². The molecule has 3 N–H and O–H groups in total. The van der Waals surface area contributed by atoms with E-state index in [0.29, 0.717) is 33.6 Å². The number of aliphatic hydroxyl groups excluding tert-OH is 1. The van der Waals surface area contributed by atoms with E-state index < -0.39 is 29.7 Å². The number of rotatable bonds is 6. The second kappa shape index (κ2) is 10.6. The molecule has 0 saturated carbocycles. The molecule has 0 aliphatic carbocycles. The molecule has 1 unspecified atom stereocenters. The number of amides is 2. The van der Waals surface area contributed by atoms with Gasteiger partial charge in [-0.15, -0.1) is 0 Å². The average molecular weight is 510 g/mol. The number of benzene rings is 2. The smallest absolute Gasteiger partial charge is 0.416 e. The van der Waals surface area contributed by atoms with Gasteiger partial charge in [-0.3, -0.25) is 9.59 Å². The highest BCUT2D eigenvalue weighted by Gasteiger charge is 2.30. The topological polar surface area (TPSA) is 113 Å². The lowest BCUT2D eigenvalue weighted by Crippen LogP contribution is -2.34. The first-order chi connectivity index (χ1) is 17.7. The van der Waals surface area contributed by atoms with E-state index >= 15 is 0 Å². The van der Waals surface area contributed by atoms with E-state index in [9.17, 15) is 27.9 Å². The van der Waals surface area contributed by atoms with Crippen molar-refractivity contribution >= 4 is 28.8 Å². The Morgan fingerprint density at radius 1 is 1.14 bits per heavy atom. The number of aliphatic hydroxyl groups is 1. The fourth-order valence-electron chi connectivity index (χ4n) is 3.71. The molecule has 0 radical (unpaired) electrons. The summed E-state index contributed by atoms with van der Waals surface area (Å²) in [6, 6.07) is 9.67. The van der Waals surface area contributed by atoms with Crippen LogP contribution in [-0.2, 0) is 22.2 Å². The Hall–Kier alpha value is -4.51. The highest BCUT2D eigenvalue weighted by molar-refractivity contribution is 6.03. The predicted octanol–water partition coefficient (Wildman–Crippen LogP) is 3.99. The van der Waals surface area contributed by atoms with Crippen LogP contribution in [0.5, 0.6) is 6.01 Å². The summed E-state index contributed by atoms with van der Waals surface area (Å²) in [5.74, 6) is -1.01. The maximum atomic E-state index is 13.0. The number of allylic oxidation sites excluding steroid dienone is 2. The summed E-state index contributed by atoms with van der Waals surface area (Å²) in [6.45, 7) is 0. The van der Waals surface area contributed by atoms with Crippen LogP contribution in [0.25, 0.3) is 5.57 Å². The lowest BCUT2D eigenvalue weighted by atomic mass is 9.98. The van der Waals surface area contributed by atoms with Gasteiger partial charge in [0.2, 0.25) is 5.91 Å². The molecule has 1 aromatic heterocycles. The van der Waals surface area contributed by atoms with Crippen LogP contribution < -0.4 is 15.4 Å². The summed E-state index contributed by atoms with van der Waals surface area (Å²) >= 11 is 0. The van der Waals surface area contributed by atoms with E-state index in [1.807, 2.05) is 0 Å². The Bertz CT molecular complexity index is 1370. The highest BCUT2D eigenvalue weighted by Crippen LogP contribution is 2.32. The third kappa shape index (κ3) is 6.01. The minimum absolute atomic E-state index is 0.0524. The van der Waals surface area contributed by atoms with E-state index in [2.05, 4.69) is 20.6 Å². The van der Waals surface area contributed by atoms with E-state index in [-0.39, 0.29) is 12.4 Å². The van der Waals surface area contributed by atoms with Crippen molar-refractivity contribution in [1.29, 1.82) is 0 Å². The van der Waals surface area contributed by atoms with Gasteiger partial charge >= 0.3 is 12.2 Å². The first-order valence-electron chi connectivity index (χ1n) is 11.0. The largest absolute Gasteiger partial charge is 0.467 e. The second-order valence-electron chi connectivity index (χ2n) is 8.00. The van der Waals surface area contributed by atoms with Crippen molar-refractivity contribution in [1.82, 2.24) is 9.97 Å². The molecule has 0 spiro atoms. The zero-order chi connectivity index (χ0) is 26.6. The minimum Gasteiger partial charge on any atom is -0.467 e.